The summed E-state index contributed by atoms with van der Waals surface area (Å²) in [7, 11) is 1.75. The minimum atomic E-state index is -0.500. The lowest BCUT2D eigenvalue weighted by Gasteiger charge is -2.05. The molecule has 2 atom stereocenters. The van der Waals surface area contributed by atoms with Crippen molar-refractivity contribution in [2.75, 3.05) is 13.7 Å². The third kappa shape index (κ3) is 16.3. The van der Waals surface area contributed by atoms with E-state index in [1.807, 2.05) is 13.8 Å². The first-order valence-electron chi connectivity index (χ1n) is 6.30. The first-order chi connectivity index (χ1) is 7.33. The molecule has 1 unspecified atom stereocenters. The van der Waals surface area contributed by atoms with Gasteiger partial charge in [-0.2, -0.15) is 0 Å². The minimum Gasteiger partial charge on any atom is -0.391 e. The maximum absolute atomic E-state index is 8.52. The Labute approximate surface area is 101 Å². The second kappa shape index (κ2) is 10.1. The highest BCUT2D eigenvalue weighted by Gasteiger charge is 2.20. The lowest BCUT2D eigenvalue weighted by atomic mass is 10.1. The summed E-state index contributed by atoms with van der Waals surface area (Å²) >= 11 is 0. The van der Waals surface area contributed by atoms with E-state index >= 15 is 0 Å². The Hall–Kier alpha value is -0.120. The molecule has 1 saturated carbocycles. The molecule has 0 radical (unpaired) electrons. The van der Waals surface area contributed by atoms with E-state index in [9.17, 15) is 0 Å². The molecule has 0 spiro atoms. The van der Waals surface area contributed by atoms with Crippen molar-refractivity contribution in [2.24, 2.45) is 11.7 Å². The summed E-state index contributed by atoms with van der Waals surface area (Å²) in [5.74, 6) is 0.741. The van der Waals surface area contributed by atoms with Gasteiger partial charge in [-0.15, -0.1) is 0 Å². The second-order valence-electron chi connectivity index (χ2n) is 5.07. The number of hydrogen-bond acceptors (Lipinski definition) is 3. The molecule has 0 amide bonds. The monoisotopic (exact) mass is 233 g/mol. The summed E-state index contributed by atoms with van der Waals surface area (Å²) in [4.78, 5) is 0. The van der Waals surface area contributed by atoms with Gasteiger partial charge >= 0.3 is 0 Å². The molecule has 3 heteroatoms. The van der Waals surface area contributed by atoms with Gasteiger partial charge in [-0.1, -0.05) is 13.8 Å². The highest BCUT2D eigenvalue weighted by atomic mass is 16.5. The van der Waals surface area contributed by atoms with E-state index in [0.29, 0.717) is 6.04 Å². The smallest absolute Gasteiger partial charge is 0.0563 e. The van der Waals surface area contributed by atoms with Crippen molar-refractivity contribution in [1.29, 1.82) is 0 Å². The van der Waals surface area contributed by atoms with Gasteiger partial charge in [0.25, 0.3) is 0 Å². The zero-order valence-corrected chi connectivity index (χ0v) is 11.9. The number of rotatable bonds is 2. The fraction of sp³-hybridized carbons (Fsp3) is 1.00. The fourth-order valence-corrected chi connectivity index (χ4v) is 1.50. The summed E-state index contributed by atoms with van der Waals surface area (Å²) in [6.07, 6.45) is 3.61. The Morgan fingerprint density at radius 2 is 1.69 bits per heavy atom. The van der Waals surface area contributed by atoms with Crippen LogP contribution in [-0.2, 0) is 4.74 Å². The minimum absolute atomic E-state index is 0.449. The van der Waals surface area contributed by atoms with Gasteiger partial charge in [0.1, 0.15) is 0 Å². The van der Waals surface area contributed by atoms with Gasteiger partial charge in [-0.25, -0.2) is 0 Å². The topological polar surface area (TPSA) is 55.5 Å². The SMILES string of the molecule is CC.CC(C)(C)O.COC[C@@H]1CCC(N)C1. The highest BCUT2D eigenvalue weighted by Crippen LogP contribution is 2.23. The molecule has 0 aromatic carbocycles. The van der Waals surface area contributed by atoms with Gasteiger partial charge in [0, 0.05) is 19.8 Å². The Kier molecular flexibility index (Phi) is 11.5. The molecule has 3 nitrogen and oxygen atoms in total. The molecule has 0 bridgehead atoms. The molecular formula is C13H31NO2. The molecule has 1 aliphatic carbocycles. The fourth-order valence-electron chi connectivity index (χ4n) is 1.50. The maximum atomic E-state index is 8.52. The van der Waals surface area contributed by atoms with Gasteiger partial charge in [0.05, 0.1) is 5.60 Å². The van der Waals surface area contributed by atoms with E-state index in [2.05, 4.69) is 0 Å². The van der Waals surface area contributed by atoms with Gasteiger partial charge in [0.2, 0.25) is 0 Å². The van der Waals surface area contributed by atoms with Crippen molar-refractivity contribution in [2.45, 2.75) is 65.5 Å². The summed E-state index contributed by atoms with van der Waals surface area (Å²) in [5.41, 5.74) is 5.20. The number of hydrogen-bond donors (Lipinski definition) is 2. The molecule has 100 valence electrons. The third-order valence-corrected chi connectivity index (χ3v) is 1.98. The van der Waals surface area contributed by atoms with Crippen LogP contribution in [0.5, 0.6) is 0 Å². The lowest BCUT2D eigenvalue weighted by molar-refractivity contribution is 0.102. The number of nitrogens with two attached hydrogens (primary N) is 1. The highest BCUT2D eigenvalue weighted by molar-refractivity contribution is 4.76. The molecule has 16 heavy (non-hydrogen) atoms. The van der Waals surface area contributed by atoms with E-state index in [-0.39, 0.29) is 0 Å². The van der Waals surface area contributed by atoms with E-state index in [0.717, 1.165) is 18.9 Å². The van der Waals surface area contributed by atoms with Crippen LogP contribution < -0.4 is 5.73 Å². The Balaban J connectivity index is 0. The van der Waals surface area contributed by atoms with Crippen molar-refractivity contribution < 1.29 is 9.84 Å². The zero-order valence-electron chi connectivity index (χ0n) is 11.9. The van der Waals surface area contributed by atoms with Gasteiger partial charge < -0.3 is 15.6 Å². The van der Waals surface area contributed by atoms with Crippen molar-refractivity contribution in [3.8, 4) is 0 Å². The number of ether oxygens (including phenoxy) is 1. The van der Waals surface area contributed by atoms with Crippen LogP contribution in [-0.4, -0.2) is 30.5 Å². The summed E-state index contributed by atoms with van der Waals surface area (Å²) in [5, 5.41) is 8.52. The Morgan fingerprint density at radius 1 is 1.25 bits per heavy atom. The zero-order chi connectivity index (χ0) is 13.2. The molecule has 3 N–H and O–H groups in total. The van der Waals surface area contributed by atoms with Crippen molar-refractivity contribution in [3.05, 3.63) is 0 Å². The largest absolute Gasteiger partial charge is 0.391 e. The number of methoxy groups -OCH3 is 1. The van der Waals surface area contributed by atoms with Crippen LogP contribution in [0.15, 0.2) is 0 Å². The van der Waals surface area contributed by atoms with E-state index in [1.165, 1.54) is 12.8 Å². The van der Waals surface area contributed by atoms with Crippen LogP contribution in [0.25, 0.3) is 0 Å². The molecule has 0 saturated heterocycles. The molecule has 0 aliphatic heterocycles. The van der Waals surface area contributed by atoms with Crippen LogP contribution in [0.4, 0.5) is 0 Å². The molecule has 1 rings (SSSR count). The van der Waals surface area contributed by atoms with Crippen molar-refractivity contribution in [3.63, 3.8) is 0 Å². The predicted molar refractivity (Wildman–Crippen MR) is 70.5 cm³/mol. The van der Waals surface area contributed by atoms with Crippen LogP contribution >= 0.6 is 0 Å². The Morgan fingerprint density at radius 3 is 1.94 bits per heavy atom. The van der Waals surface area contributed by atoms with Crippen LogP contribution in [0, 0.1) is 5.92 Å². The lowest BCUT2D eigenvalue weighted by Crippen LogP contribution is -2.15. The second-order valence-corrected chi connectivity index (χ2v) is 5.07. The third-order valence-electron chi connectivity index (χ3n) is 1.98. The van der Waals surface area contributed by atoms with E-state index in [1.54, 1.807) is 27.9 Å². The summed E-state index contributed by atoms with van der Waals surface area (Å²) < 4.78 is 5.02. The van der Waals surface area contributed by atoms with Crippen molar-refractivity contribution in [1.82, 2.24) is 0 Å². The average Bonchev–Trinajstić information content (AvgIpc) is 2.53. The average molecular weight is 233 g/mol. The van der Waals surface area contributed by atoms with Crippen LogP contribution in [0.3, 0.4) is 0 Å². The Bertz CT molecular complexity index is 135. The quantitative estimate of drug-likeness (QED) is 0.770. The van der Waals surface area contributed by atoms with E-state index < -0.39 is 5.60 Å². The molecule has 0 heterocycles. The standard InChI is InChI=1S/C7H15NO.C4H10O.C2H6/c1-9-5-6-2-3-7(8)4-6;1-4(2,3)5;1-2/h6-7H,2-5,8H2,1H3;5H,1-3H3;1-2H3/t6-,7?;;/m1../s1. The summed E-state index contributed by atoms with van der Waals surface area (Å²) in [6.45, 7) is 10.1. The van der Waals surface area contributed by atoms with Crippen molar-refractivity contribution >= 4 is 0 Å². The molecular weight excluding hydrogens is 202 g/mol. The normalized spacial score (nSPS) is 24.0. The van der Waals surface area contributed by atoms with E-state index in [4.69, 9.17) is 15.6 Å². The maximum Gasteiger partial charge on any atom is 0.0563 e. The molecule has 0 aromatic rings. The van der Waals surface area contributed by atoms with Crippen LogP contribution in [0.2, 0.25) is 0 Å². The van der Waals surface area contributed by atoms with Crippen LogP contribution in [0.1, 0.15) is 53.9 Å². The summed E-state index contributed by atoms with van der Waals surface area (Å²) in [6, 6.07) is 0.449. The first-order valence-corrected chi connectivity index (χ1v) is 6.30. The first kappa shape index (κ1) is 18.3. The van der Waals surface area contributed by atoms with Gasteiger partial charge in [-0.05, 0) is 46.0 Å². The molecule has 1 fully saturated rings. The van der Waals surface area contributed by atoms with Gasteiger partial charge in [-0.3, -0.25) is 0 Å². The predicted octanol–water partition coefficient (Wildman–Crippen LogP) is 2.56. The molecule has 0 aromatic heterocycles. The van der Waals surface area contributed by atoms with Gasteiger partial charge in [0.15, 0.2) is 0 Å². The molecule has 1 aliphatic rings. The number of aliphatic hydroxyl groups is 1.